The zero-order valence-corrected chi connectivity index (χ0v) is 11.1. The van der Waals surface area contributed by atoms with Crippen LogP contribution in [-0.4, -0.2) is 18.7 Å². The molecule has 0 atom stereocenters. The molecule has 3 heteroatoms. The molecule has 2 aromatic rings. The van der Waals surface area contributed by atoms with Gasteiger partial charge in [-0.05, 0) is 0 Å². The van der Waals surface area contributed by atoms with E-state index in [0.717, 1.165) is 0 Å². The van der Waals surface area contributed by atoms with Gasteiger partial charge in [-0.25, -0.2) is 0 Å². The van der Waals surface area contributed by atoms with Crippen molar-refractivity contribution in [1.29, 1.82) is 0 Å². The van der Waals surface area contributed by atoms with Gasteiger partial charge in [-0.3, -0.25) is 9.59 Å². The van der Waals surface area contributed by atoms with Gasteiger partial charge in [-0.15, -0.1) is 0 Å². The molecule has 0 aromatic heterocycles. The molecule has 0 saturated heterocycles. The Labute approximate surface area is 117 Å². The summed E-state index contributed by atoms with van der Waals surface area (Å²) in [5, 5.41) is 0. The smallest absolute Gasteiger partial charge is 0.227 e. The molecule has 100 valence electrons. The van der Waals surface area contributed by atoms with Crippen LogP contribution in [0.2, 0.25) is 0 Å². The van der Waals surface area contributed by atoms with Gasteiger partial charge in [0.05, 0.1) is 7.11 Å². The maximum atomic E-state index is 12.2. The van der Waals surface area contributed by atoms with Crippen LogP contribution in [0.25, 0.3) is 0 Å². The molecule has 0 bridgehead atoms. The van der Waals surface area contributed by atoms with E-state index in [9.17, 15) is 9.59 Å². The third kappa shape index (κ3) is 3.20. The second kappa shape index (κ2) is 6.48. The van der Waals surface area contributed by atoms with Crippen LogP contribution >= 0.6 is 0 Å². The largest absolute Gasteiger partial charge is 0.492 e. The van der Waals surface area contributed by atoms with E-state index in [2.05, 4.69) is 0 Å². The quantitative estimate of drug-likeness (QED) is 0.474. The van der Waals surface area contributed by atoms with Crippen LogP contribution in [0.5, 0.6) is 0 Å². The van der Waals surface area contributed by atoms with E-state index < -0.39 is 0 Å². The summed E-state index contributed by atoms with van der Waals surface area (Å²) in [4.78, 5) is 24.2. The second-order valence-electron chi connectivity index (χ2n) is 4.14. The summed E-state index contributed by atoms with van der Waals surface area (Å²) < 4.78 is 5.05. The Morgan fingerprint density at radius 2 is 1.35 bits per heavy atom. The third-order valence-corrected chi connectivity index (χ3v) is 2.80. The summed E-state index contributed by atoms with van der Waals surface area (Å²) in [7, 11) is 1.38. The fourth-order valence-corrected chi connectivity index (χ4v) is 1.75. The van der Waals surface area contributed by atoms with Gasteiger partial charge >= 0.3 is 0 Å². The zero-order valence-electron chi connectivity index (χ0n) is 11.1. The van der Waals surface area contributed by atoms with Crippen LogP contribution in [0.3, 0.4) is 0 Å². The van der Waals surface area contributed by atoms with E-state index >= 15 is 0 Å². The van der Waals surface area contributed by atoms with Crippen molar-refractivity contribution in [3.05, 3.63) is 83.6 Å². The van der Waals surface area contributed by atoms with Crippen molar-refractivity contribution in [1.82, 2.24) is 0 Å². The van der Waals surface area contributed by atoms with E-state index in [-0.39, 0.29) is 17.3 Å². The summed E-state index contributed by atoms with van der Waals surface area (Å²) in [6.07, 6.45) is 1.23. The van der Waals surface area contributed by atoms with Crippen molar-refractivity contribution in [2.75, 3.05) is 7.11 Å². The van der Waals surface area contributed by atoms with Crippen molar-refractivity contribution in [3.63, 3.8) is 0 Å². The molecule has 0 aliphatic rings. The maximum absolute atomic E-state index is 12.2. The molecule has 0 amide bonds. The topological polar surface area (TPSA) is 43.4 Å². The zero-order chi connectivity index (χ0) is 14.4. The number of methoxy groups -OCH3 is 1. The first-order valence-electron chi connectivity index (χ1n) is 6.17. The summed E-state index contributed by atoms with van der Waals surface area (Å²) in [6.45, 7) is 0. The minimum absolute atomic E-state index is 0.0325. The lowest BCUT2D eigenvalue weighted by Gasteiger charge is -2.05. The Kier molecular flexibility index (Phi) is 4.45. The van der Waals surface area contributed by atoms with E-state index in [1.54, 1.807) is 48.5 Å². The molecule has 0 aliphatic carbocycles. The van der Waals surface area contributed by atoms with Gasteiger partial charge in [0, 0.05) is 17.2 Å². The monoisotopic (exact) mass is 266 g/mol. The molecule has 20 heavy (non-hydrogen) atoms. The van der Waals surface area contributed by atoms with E-state index in [0.29, 0.717) is 11.1 Å². The Morgan fingerprint density at radius 3 is 1.85 bits per heavy atom. The van der Waals surface area contributed by atoms with Crippen LogP contribution in [0, 0.1) is 0 Å². The molecule has 0 N–H and O–H groups in total. The molecule has 2 aromatic carbocycles. The molecule has 3 nitrogen and oxygen atoms in total. The highest BCUT2D eigenvalue weighted by molar-refractivity contribution is 6.13. The van der Waals surface area contributed by atoms with Gasteiger partial charge in [-0.2, -0.15) is 0 Å². The highest BCUT2D eigenvalue weighted by Gasteiger charge is 2.14. The Morgan fingerprint density at radius 1 is 0.850 bits per heavy atom. The lowest BCUT2D eigenvalue weighted by atomic mass is 10.1. The Balaban J connectivity index is 2.26. The van der Waals surface area contributed by atoms with Crippen molar-refractivity contribution in [2.24, 2.45) is 0 Å². The van der Waals surface area contributed by atoms with Gasteiger partial charge in [0.25, 0.3) is 0 Å². The predicted octanol–water partition coefficient (Wildman–Crippen LogP) is 3.28. The molecular weight excluding hydrogens is 252 g/mol. The van der Waals surface area contributed by atoms with Crippen molar-refractivity contribution in [2.45, 2.75) is 0 Å². The van der Waals surface area contributed by atoms with Gasteiger partial charge in [0.15, 0.2) is 11.5 Å². The standard InChI is InChI=1S/C17H14O3/c1-20-16(17(19)14-10-6-3-7-11-14)12-15(18)13-8-4-2-5-9-13/h2-12H,1H3/b16-12-. The van der Waals surface area contributed by atoms with E-state index in [1.165, 1.54) is 13.2 Å². The summed E-state index contributed by atoms with van der Waals surface area (Å²) >= 11 is 0. The summed E-state index contributed by atoms with van der Waals surface area (Å²) in [5.41, 5.74) is 1.00. The number of rotatable bonds is 5. The highest BCUT2D eigenvalue weighted by Crippen LogP contribution is 2.11. The molecule has 0 spiro atoms. The summed E-state index contributed by atoms with van der Waals surface area (Å²) in [6, 6.07) is 17.5. The molecule has 2 rings (SSSR count). The Hall–Kier alpha value is -2.68. The molecule has 0 fully saturated rings. The van der Waals surface area contributed by atoms with Gasteiger partial charge in [0.2, 0.25) is 5.78 Å². The minimum atomic E-state index is -0.308. The van der Waals surface area contributed by atoms with E-state index in [4.69, 9.17) is 4.74 Å². The first-order chi connectivity index (χ1) is 9.72. The minimum Gasteiger partial charge on any atom is -0.492 e. The number of allylic oxidation sites excluding steroid dienone is 2. The van der Waals surface area contributed by atoms with Crippen molar-refractivity contribution < 1.29 is 14.3 Å². The SMILES string of the molecule is CO/C(=C\C(=O)c1ccccc1)C(=O)c1ccccc1. The second-order valence-corrected chi connectivity index (χ2v) is 4.14. The van der Waals surface area contributed by atoms with Crippen LogP contribution in [-0.2, 0) is 4.74 Å². The van der Waals surface area contributed by atoms with Crippen LogP contribution in [0.15, 0.2) is 72.5 Å². The van der Waals surface area contributed by atoms with Crippen molar-refractivity contribution in [3.8, 4) is 0 Å². The van der Waals surface area contributed by atoms with Crippen LogP contribution in [0.1, 0.15) is 20.7 Å². The highest BCUT2D eigenvalue weighted by atomic mass is 16.5. The number of Topliss-reactive ketones (excluding diaryl/α,β-unsaturated/α-hetero) is 1. The Bertz CT molecular complexity index is 628. The summed E-state index contributed by atoms with van der Waals surface area (Å²) in [5.74, 6) is -0.533. The number of hydrogen-bond acceptors (Lipinski definition) is 3. The fourth-order valence-electron chi connectivity index (χ4n) is 1.75. The molecular formula is C17H14O3. The molecule has 0 aliphatic heterocycles. The fraction of sp³-hybridized carbons (Fsp3) is 0.0588. The average molecular weight is 266 g/mol. The number of carbonyl (C=O) groups is 2. The molecule has 0 heterocycles. The number of hydrogen-bond donors (Lipinski definition) is 0. The molecule has 0 saturated carbocycles. The van der Waals surface area contributed by atoms with Gasteiger partial charge in [0.1, 0.15) is 0 Å². The van der Waals surface area contributed by atoms with E-state index in [1.807, 2.05) is 12.1 Å². The number of benzene rings is 2. The van der Waals surface area contributed by atoms with Gasteiger partial charge < -0.3 is 4.74 Å². The van der Waals surface area contributed by atoms with Crippen LogP contribution < -0.4 is 0 Å². The first-order valence-corrected chi connectivity index (χ1v) is 6.17. The number of carbonyl (C=O) groups excluding carboxylic acids is 2. The van der Waals surface area contributed by atoms with Crippen molar-refractivity contribution >= 4 is 11.6 Å². The first kappa shape index (κ1) is 13.7. The van der Waals surface area contributed by atoms with Gasteiger partial charge in [-0.1, -0.05) is 60.7 Å². The lowest BCUT2D eigenvalue weighted by Crippen LogP contribution is -2.08. The lowest BCUT2D eigenvalue weighted by molar-refractivity contribution is 0.0937. The maximum Gasteiger partial charge on any atom is 0.227 e. The third-order valence-electron chi connectivity index (χ3n) is 2.80. The molecule has 0 radical (unpaired) electrons. The predicted molar refractivity (Wildman–Crippen MR) is 76.6 cm³/mol. The molecule has 0 unspecified atom stereocenters. The normalized spacial score (nSPS) is 10.9. The number of ether oxygens (including phenoxy) is 1. The average Bonchev–Trinajstić information content (AvgIpc) is 2.53. The van der Waals surface area contributed by atoms with Crippen LogP contribution in [0.4, 0.5) is 0 Å². The number of ketones is 2.